The van der Waals surface area contributed by atoms with Gasteiger partial charge in [-0.2, -0.15) is 0 Å². The minimum absolute atomic E-state index is 0.181. The summed E-state index contributed by atoms with van der Waals surface area (Å²) in [5.41, 5.74) is 0. The van der Waals surface area contributed by atoms with E-state index in [0.717, 1.165) is 13.2 Å². The summed E-state index contributed by atoms with van der Waals surface area (Å²) >= 11 is -0.181. The van der Waals surface area contributed by atoms with E-state index >= 15 is 0 Å². The molecule has 0 aromatic carbocycles. The zero-order valence-electron chi connectivity index (χ0n) is 4.44. The van der Waals surface area contributed by atoms with E-state index < -0.39 is 0 Å². The Balaban J connectivity index is 0.000000145. The molecule has 0 bridgehead atoms. The molecular formula is C4H9Cl2CrO+. The first-order chi connectivity index (χ1) is 3.91. The maximum absolute atomic E-state index is 4.83. The van der Waals surface area contributed by atoms with Gasteiger partial charge in [0.25, 0.3) is 0 Å². The SMILES string of the molecule is C1CC[OH+]C1.[Cl][Cr][Cl]. The van der Waals surface area contributed by atoms with Crippen LogP contribution in [0.1, 0.15) is 12.8 Å². The third kappa shape index (κ3) is 7.07. The van der Waals surface area contributed by atoms with Gasteiger partial charge < -0.3 is 4.74 Å². The van der Waals surface area contributed by atoms with E-state index in [-0.39, 0.29) is 13.4 Å². The van der Waals surface area contributed by atoms with Crippen molar-refractivity contribution >= 4 is 20.1 Å². The molecule has 1 nitrogen and oxygen atoms in total. The first kappa shape index (κ1) is 9.07. The topological polar surface area (TPSA) is 12.8 Å². The monoisotopic (exact) mass is 195 g/mol. The molecule has 0 aromatic heterocycles. The molecule has 0 saturated carbocycles. The van der Waals surface area contributed by atoms with Crippen LogP contribution in [-0.2, 0) is 13.4 Å². The quantitative estimate of drug-likeness (QED) is 0.523. The summed E-state index contributed by atoms with van der Waals surface area (Å²) in [6, 6.07) is 0. The summed E-state index contributed by atoms with van der Waals surface area (Å²) in [5, 5.41) is 0. The Morgan fingerprint density at radius 1 is 1.12 bits per heavy atom. The van der Waals surface area contributed by atoms with E-state index in [2.05, 4.69) is 4.74 Å². The second-order valence-corrected chi connectivity index (χ2v) is 3.54. The summed E-state index contributed by atoms with van der Waals surface area (Å²) < 4.78 is 4.08. The van der Waals surface area contributed by atoms with Crippen molar-refractivity contribution in [1.29, 1.82) is 0 Å². The van der Waals surface area contributed by atoms with Gasteiger partial charge in [0.15, 0.2) is 0 Å². The fraction of sp³-hybridized carbons (Fsp3) is 1.00. The Morgan fingerprint density at radius 2 is 1.50 bits per heavy atom. The van der Waals surface area contributed by atoms with E-state index in [0.29, 0.717) is 0 Å². The van der Waals surface area contributed by atoms with Crippen molar-refractivity contribution in [2.45, 2.75) is 12.8 Å². The summed E-state index contributed by atoms with van der Waals surface area (Å²) in [6.45, 7) is 2.25. The normalized spacial score (nSPS) is 17.2. The Morgan fingerprint density at radius 3 is 1.62 bits per heavy atom. The van der Waals surface area contributed by atoms with Gasteiger partial charge in [-0.15, -0.1) is 0 Å². The van der Waals surface area contributed by atoms with Gasteiger partial charge >= 0.3 is 33.5 Å². The molecule has 0 atom stereocenters. The van der Waals surface area contributed by atoms with Crippen LogP contribution < -0.4 is 0 Å². The number of halogens is 2. The van der Waals surface area contributed by atoms with Crippen LogP contribution in [0.2, 0.25) is 0 Å². The van der Waals surface area contributed by atoms with Gasteiger partial charge in [-0.3, -0.25) is 0 Å². The van der Waals surface area contributed by atoms with E-state index in [9.17, 15) is 0 Å². The van der Waals surface area contributed by atoms with E-state index in [1.165, 1.54) is 12.8 Å². The molecule has 1 aliphatic heterocycles. The van der Waals surface area contributed by atoms with Crippen LogP contribution in [0.5, 0.6) is 0 Å². The van der Waals surface area contributed by atoms with Crippen molar-refractivity contribution in [2.24, 2.45) is 0 Å². The number of rotatable bonds is 0. The molecule has 0 aliphatic carbocycles. The molecule has 1 heterocycles. The van der Waals surface area contributed by atoms with Gasteiger partial charge in [0.1, 0.15) is 13.2 Å². The predicted molar refractivity (Wildman–Crippen MR) is 32.9 cm³/mol. The predicted octanol–water partition coefficient (Wildman–Crippen LogP) is 1.68. The first-order valence-electron chi connectivity index (χ1n) is 2.44. The average Bonchev–Trinajstić information content (AvgIpc) is 2.17. The molecule has 0 amide bonds. The number of hydrogen-bond acceptors (Lipinski definition) is 0. The molecule has 1 N–H and O–H groups in total. The molecule has 4 heteroatoms. The summed E-state index contributed by atoms with van der Waals surface area (Å²) in [7, 11) is 9.65. The Labute approximate surface area is 64.4 Å². The van der Waals surface area contributed by atoms with Crippen LogP contribution in [0.15, 0.2) is 0 Å². The van der Waals surface area contributed by atoms with Crippen LogP contribution in [-0.4, -0.2) is 18.0 Å². The molecule has 1 aliphatic rings. The molecule has 1 saturated heterocycles. The molecular weight excluding hydrogens is 187 g/mol. The summed E-state index contributed by atoms with van der Waals surface area (Å²) in [5.74, 6) is 0. The molecule has 1 fully saturated rings. The fourth-order valence-corrected chi connectivity index (χ4v) is 0.559. The van der Waals surface area contributed by atoms with Crippen LogP contribution >= 0.6 is 20.1 Å². The minimum atomic E-state index is -0.181. The van der Waals surface area contributed by atoms with Crippen LogP contribution in [0, 0.1) is 0 Å². The Hall–Kier alpha value is 1.07. The van der Waals surface area contributed by atoms with Crippen LogP contribution in [0.3, 0.4) is 0 Å². The molecule has 50 valence electrons. The zero-order valence-corrected chi connectivity index (χ0v) is 7.23. The van der Waals surface area contributed by atoms with Gasteiger partial charge in [0.05, 0.1) is 0 Å². The van der Waals surface area contributed by atoms with Gasteiger partial charge in [-0.25, -0.2) is 0 Å². The van der Waals surface area contributed by atoms with Gasteiger partial charge in [-0.1, -0.05) is 0 Å². The Kier molecular flexibility index (Phi) is 9.15. The molecule has 0 spiro atoms. The molecule has 0 unspecified atom stereocenters. The first-order valence-corrected chi connectivity index (χ1v) is 5.95. The second-order valence-electron chi connectivity index (χ2n) is 1.44. The van der Waals surface area contributed by atoms with E-state index in [4.69, 9.17) is 20.1 Å². The summed E-state index contributed by atoms with van der Waals surface area (Å²) in [6.07, 6.45) is 2.67. The molecule has 0 aromatic rings. The third-order valence-corrected chi connectivity index (χ3v) is 0.882. The van der Waals surface area contributed by atoms with Crippen molar-refractivity contribution in [2.75, 3.05) is 13.2 Å². The zero-order chi connectivity index (χ0) is 6.24. The van der Waals surface area contributed by atoms with Crippen molar-refractivity contribution in [3.63, 3.8) is 0 Å². The molecule has 8 heavy (non-hydrogen) atoms. The average molecular weight is 196 g/mol. The van der Waals surface area contributed by atoms with Gasteiger partial charge in [-0.05, 0) is 0 Å². The number of hydrogen-bond donors (Lipinski definition) is 0. The third-order valence-electron chi connectivity index (χ3n) is 0.882. The molecule has 0 radical (unpaired) electrons. The molecule has 1 rings (SSSR count). The van der Waals surface area contributed by atoms with Crippen molar-refractivity contribution in [3.05, 3.63) is 0 Å². The standard InChI is InChI=1S/C4H8O.2ClH.Cr/c1-2-4-5-3-1;;;/h1-4H2;2*1H;/q;;;+2/p-1. The number of ether oxygens (including phenoxy) is 1. The van der Waals surface area contributed by atoms with Gasteiger partial charge in [0, 0.05) is 12.8 Å². The van der Waals surface area contributed by atoms with Crippen molar-refractivity contribution < 1.29 is 18.1 Å². The van der Waals surface area contributed by atoms with Gasteiger partial charge in [0.2, 0.25) is 0 Å². The Bertz CT molecular complexity index is 33.4. The van der Waals surface area contributed by atoms with E-state index in [1.807, 2.05) is 0 Å². The van der Waals surface area contributed by atoms with E-state index in [1.54, 1.807) is 0 Å². The fourth-order valence-electron chi connectivity index (χ4n) is 0.559. The van der Waals surface area contributed by atoms with Crippen molar-refractivity contribution in [3.8, 4) is 0 Å². The van der Waals surface area contributed by atoms with Crippen LogP contribution in [0.4, 0.5) is 0 Å². The number of aliphatic hydroxyl groups is 2. The van der Waals surface area contributed by atoms with Crippen molar-refractivity contribution in [1.82, 2.24) is 0 Å². The maximum atomic E-state index is 4.83. The van der Waals surface area contributed by atoms with Crippen LogP contribution in [0.25, 0.3) is 0 Å². The second kappa shape index (κ2) is 8.07. The summed E-state index contributed by atoms with van der Waals surface area (Å²) in [4.78, 5) is 0.